The zero-order chi connectivity index (χ0) is 8.97. The van der Waals surface area contributed by atoms with Crippen LogP contribution in [0.3, 0.4) is 0 Å². The van der Waals surface area contributed by atoms with E-state index in [1.165, 1.54) is 11.1 Å². The number of benzene rings is 1. The summed E-state index contributed by atoms with van der Waals surface area (Å²) < 4.78 is 0. The van der Waals surface area contributed by atoms with E-state index in [1.807, 2.05) is 12.3 Å². The van der Waals surface area contributed by atoms with E-state index < -0.39 is 0 Å². The maximum atomic E-state index is 4.36. The molecule has 0 spiro atoms. The average molecular weight is 161 g/mol. The first-order valence-electron chi connectivity index (χ1n) is 4.34. The van der Waals surface area contributed by atoms with Gasteiger partial charge in [0.1, 0.15) is 0 Å². The maximum Gasteiger partial charge on any atom is 0.0657 e. The number of hydrogen-bond donors (Lipinski definition) is 0. The second-order valence-corrected chi connectivity index (χ2v) is 2.94. The van der Waals surface area contributed by atoms with Crippen molar-refractivity contribution in [2.75, 3.05) is 0 Å². The molecule has 0 heterocycles. The Labute approximate surface area is 74.2 Å². The fraction of sp³-hybridized carbons (Fsp3) is 0.364. The van der Waals surface area contributed by atoms with Crippen molar-refractivity contribution in [2.45, 2.75) is 27.2 Å². The van der Waals surface area contributed by atoms with Gasteiger partial charge in [-0.3, -0.25) is 4.99 Å². The third kappa shape index (κ3) is 1.94. The van der Waals surface area contributed by atoms with E-state index in [0.29, 0.717) is 0 Å². The molecule has 0 saturated carbocycles. The summed E-state index contributed by atoms with van der Waals surface area (Å²) in [5, 5.41) is 0. The first-order valence-corrected chi connectivity index (χ1v) is 4.34. The lowest BCUT2D eigenvalue weighted by atomic mass is 10.1. The molecule has 0 fully saturated rings. The van der Waals surface area contributed by atoms with Gasteiger partial charge in [-0.1, -0.05) is 19.1 Å². The summed E-state index contributed by atoms with van der Waals surface area (Å²) in [6.45, 7) is 6.31. The largest absolute Gasteiger partial charge is 0.261 e. The second-order valence-electron chi connectivity index (χ2n) is 2.94. The summed E-state index contributed by atoms with van der Waals surface area (Å²) in [7, 11) is 0. The molecule has 0 atom stereocenters. The van der Waals surface area contributed by atoms with E-state index in [1.54, 1.807) is 0 Å². The molecule has 1 rings (SSSR count). The van der Waals surface area contributed by atoms with Gasteiger partial charge < -0.3 is 0 Å². The monoisotopic (exact) mass is 161 g/mol. The number of aryl methyl sites for hydroxylation is 1. The molecule has 1 aromatic carbocycles. The van der Waals surface area contributed by atoms with Crippen LogP contribution in [0.1, 0.15) is 24.5 Å². The van der Waals surface area contributed by atoms with E-state index in [-0.39, 0.29) is 0 Å². The molecular weight excluding hydrogens is 146 g/mol. The van der Waals surface area contributed by atoms with Crippen molar-refractivity contribution >= 4 is 11.9 Å². The van der Waals surface area contributed by atoms with Crippen molar-refractivity contribution in [3.05, 3.63) is 29.3 Å². The van der Waals surface area contributed by atoms with Gasteiger partial charge in [0.15, 0.2) is 0 Å². The summed E-state index contributed by atoms with van der Waals surface area (Å²) in [5.41, 5.74) is 3.68. The molecule has 1 aromatic rings. The molecule has 0 radical (unpaired) electrons. The molecule has 0 aromatic heterocycles. The fourth-order valence-electron chi connectivity index (χ4n) is 1.07. The predicted molar refractivity (Wildman–Crippen MR) is 54.4 cm³/mol. The highest BCUT2D eigenvalue weighted by Crippen LogP contribution is 2.20. The molecule has 1 heteroatoms. The zero-order valence-electron chi connectivity index (χ0n) is 7.96. The maximum absolute atomic E-state index is 4.36. The highest BCUT2D eigenvalue weighted by atomic mass is 14.7. The van der Waals surface area contributed by atoms with Crippen LogP contribution < -0.4 is 0 Å². The molecule has 0 amide bonds. The molecule has 0 unspecified atom stereocenters. The van der Waals surface area contributed by atoms with Crippen molar-refractivity contribution in [3.8, 4) is 0 Å². The Bertz CT molecular complexity index is 287. The average Bonchev–Trinajstić information content (AvgIpc) is 2.08. The first kappa shape index (κ1) is 8.98. The molecule has 0 aliphatic carbocycles. The Hall–Kier alpha value is -1.11. The van der Waals surface area contributed by atoms with Crippen LogP contribution >= 0.6 is 0 Å². The minimum atomic E-state index is 0.993. The minimum absolute atomic E-state index is 0.993. The van der Waals surface area contributed by atoms with E-state index in [0.717, 1.165) is 12.1 Å². The smallest absolute Gasteiger partial charge is 0.0657 e. The standard InChI is InChI=1S/C11H15N/c1-4-8-12-11-7-5-6-9(2)10(11)3/h5-8H,4H2,1-3H3. The van der Waals surface area contributed by atoms with Crippen LogP contribution in [0.15, 0.2) is 23.2 Å². The lowest BCUT2D eigenvalue weighted by Crippen LogP contribution is -1.80. The van der Waals surface area contributed by atoms with Crippen molar-refractivity contribution in [2.24, 2.45) is 4.99 Å². The quantitative estimate of drug-likeness (QED) is 0.589. The molecule has 0 aliphatic heterocycles. The van der Waals surface area contributed by atoms with Gasteiger partial charge in [-0.05, 0) is 37.5 Å². The van der Waals surface area contributed by atoms with Gasteiger partial charge in [0.2, 0.25) is 0 Å². The molecule has 0 saturated heterocycles. The van der Waals surface area contributed by atoms with E-state index in [2.05, 4.69) is 37.9 Å². The number of hydrogen-bond acceptors (Lipinski definition) is 1. The van der Waals surface area contributed by atoms with Crippen molar-refractivity contribution in [3.63, 3.8) is 0 Å². The summed E-state index contributed by atoms with van der Waals surface area (Å²) in [6, 6.07) is 6.21. The predicted octanol–water partition coefficient (Wildman–Crippen LogP) is 3.42. The van der Waals surface area contributed by atoms with Crippen molar-refractivity contribution in [1.82, 2.24) is 0 Å². The molecule has 0 bridgehead atoms. The summed E-state index contributed by atoms with van der Waals surface area (Å²) in [5.74, 6) is 0. The SMILES string of the molecule is CCC=Nc1cccc(C)c1C. The fourth-order valence-corrected chi connectivity index (χ4v) is 1.07. The summed E-state index contributed by atoms with van der Waals surface area (Å²) in [4.78, 5) is 4.36. The van der Waals surface area contributed by atoms with Crippen LogP contribution in [0.5, 0.6) is 0 Å². The lowest BCUT2D eigenvalue weighted by Gasteiger charge is -2.02. The third-order valence-electron chi connectivity index (χ3n) is 1.99. The molecule has 64 valence electrons. The molecular formula is C11H15N. The van der Waals surface area contributed by atoms with E-state index in [4.69, 9.17) is 0 Å². The van der Waals surface area contributed by atoms with Crippen LogP contribution in [0.4, 0.5) is 5.69 Å². The van der Waals surface area contributed by atoms with Gasteiger partial charge in [-0.25, -0.2) is 0 Å². The van der Waals surface area contributed by atoms with Crippen molar-refractivity contribution < 1.29 is 0 Å². The minimum Gasteiger partial charge on any atom is -0.261 e. The molecule has 12 heavy (non-hydrogen) atoms. The summed E-state index contributed by atoms with van der Waals surface area (Å²) >= 11 is 0. The van der Waals surface area contributed by atoms with Crippen LogP contribution in [0, 0.1) is 13.8 Å². The Kier molecular flexibility index (Phi) is 3.03. The van der Waals surface area contributed by atoms with Gasteiger partial charge in [-0.2, -0.15) is 0 Å². The Morgan fingerprint density at radius 3 is 2.75 bits per heavy atom. The molecule has 0 aliphatic rings. The number of nitrogens with zero attached hydrogens (tertiary/aromatic N) is 1. The highest BCUT2D eigenvalue weighted by Gasteiger charge is 1.96. The third-order valence-corrected chi connectivity index (χ3v) is 1.99. The Balaban J connectivity index is 3.00. The second kappa shape index (κ2) is 4.05. The van der Waals surface area contributed by atoms with E-state index in [9.17, 15) is 0 Å². The number of aliphatic imine (C=N–C) groups is 1. The van der Waals surface area contributed by atoms with Crippen LogP contribution in [-0.4, -0.2) is 6.21 Å². The van der Waals surface area contributed by atoms with Gasteiger partial charge in [0, 0.05) is 6.21 Å². The van der Waals surface area contributed by atoms with Gasteiger partial charge in [-0.15, -0.1) is 0 Å². The molecule has 1 nitrogen and oxygen atoms in total. The van der Waals surface area contributed by atoms with Crippen LogP contribution in [-0.2, 0) is 0 Å². The molecule has 0 N–H and O–H groups in total. The van der Waals surface area contributed by atoms with Gasteiger partial charge >= 0.3 is 0 Å². The lowest BCUT2D eigenvalue weighted by molar-refractivity contribution is 1.28. The first-order chi connectivity index (χ1) is 5.75. The normalized spacial score (nSPS) is 10.9. The summed E-state index contributed by atoms with van der Waals surface area (Å²) in [6.07, 6.45) is 2.94. The van der Waals surface area contributed by atoms with Crippen LogP contribution in [0.25, 0.3) is 0 Å². The zero-order valence-corrected chi connectivity index (χ0v) is 7.96. The van der Waals surface area contributed by atoms with E-state index >= 15 is 0 Å². The number of rotatable bonds is 2. The highest BCUT2D eigenvalue weighted by molar-refractivity contribution is 5.64. The van der Waals surface area contributed by atoms with Gasteiger partial charge in [0.25, 0.3) is 0 Å². The van der Waals surface area contributed by atoms with Crippen molar-refractivity contribution in [1.29, 1.82) is 0 Å². The van der Waals surface area contributed by atoms with Crippen LogP contribution in [0.2, 0.25) is 0 Å². The van der Waals surface area contributed by atoms with Gasteiger partial charge in [0.05, 0.1) is 5.69 Å². The Morgan fingerprint density at radius 2 is 2.08 bits per heavy atom. The Morgan fingerprint density at radius 1 is 1.33 bits per heavy atom. The topological polar surface area (TPSA) is 12.4 Å².